The Kier molecular flexibility index (Phi) is 6.24. The zero-order valence-electron chi connectivity index (χ0n) is 16.4. The van der Waals surface area contributed by atoms with Crippen molar-refractivity contribution >= 4 is 29.1 Å². The minimum absolute atomic E-state index is 0.0703. The van der Waals surface area contributed by atoms with Crippen LogP contribution in [0, 0.1) is 6.92 Å². The zero-order chi connectivity index (χ0) is 20.9. The molecule has 0 atom stereocenters. The van der Waals surface area contributed by atoms with Crippen LogP contribution in [0.3, 0.4) is 0 Å². The predicted molar refractivity (Wildman–Crippen MR) is 114 cm³/mol. The van der Waals surface area contributed by atoms with Gasteiger partial charge in [0.1, 0.15) is 0 Å². The van der Waals surface area contributed by atoms with Gasteiger partial charge in [0.25, 0.3) is 5.89 Å². The van der Waals surface area contributed by atoms with Gasteiger partial charge in [0, 0.05) is 12.1 Å². The first-order chi connectivity index (χ1) is 14.6. The number of carbonyl (C=O) groups is 1. The van der Waals surface area contributed by atoms with Gasteiger partial charge in [0.05, 0.1) is 10.6 Å². The largest absolute Gasteiger partial charge is 0.455 e. The SMILES string of the molecule is CCn1c(SCC(=O)OCc2nc(-c3ccc(C)cc3)no2)nnc1-c1cccs1. The highest BCUT2D eigenvalue weighted by atomic mass is 32.2. The Morgan fingerprint density at radius 2 is 2.07 bits per heavy atom. The van der Waals surface area contributed by atoms with E-state index in [-0.39, 0.29) is 18.3 Å². The fourth-order valence-corrected chi connectivity index (χ4v) is 4.23. The van der Waals surface area contributed by atoms with Crippen molar-refractivity contribution in [2.24, 2.45) is 0 Å². The molecule has 1 aromatic carbocycles. The molecular formula is C20H19N5O3S2. The van der Waals surface area contributed by atoms with E-state index in [1.54, 1.807) is 11.3 Å². The summed E-state index contributed by atoms with van der Waals surface area (Å²) in [4.78, 5) is 17.5. The highest BCUT2D eigenvalue weighted by Gasteiger charge is 2.16. The molecule has 0 saturated carbocycles. The molecule has 0 spiro atoms. The lowest BCUT2D eigenvalue weighted by atomic mass is 10.1. The maximum absolute atomic E-state index is 12.2. The van der Waals surface area contributed by atoms with Crippen LogP contribution in [0.25, 0.3) is 22.1 Å². The minimum Gasteiger partial charge on any atom is -0.455 e. The van der Waals surface area contributed by atoms with Crippen molar-refractivity contribution in [1.29, 1.82) is 0 Å². The van der Waals surface area contributed by atoms with Crippen LogP contribution in [0.2, 0.25) is 0 Å². The number of aromatic nitrogens is 5. The van der Waals surface area contributed by atoms with E-state index in [4.69, 9.17) is 9.26 Å². The summed E-state index contributed by atoms with van der Waals surface area (Å²) in [5, 5.41) is 15.1. The average Bonchev–Trinajstić information content (AvgIpc) is 3.51. The molecule has 0 aliphatic heterocycles. The highest BCUT2D eigenvalue weighted by molar-refractivity contribution is 7.99. The van der Waals surface area contributed by atoms with Crippen molar-refractivity contribution in [2.75, 3.05) is 5.75 Å². The first-order valence-corrected chi connectivity index (χ1v) is 11.2. The van der Waals surface area contributed by atoms with E-state index in [2.05, 4.69) is 20.3 Å². The molecule has 0 unspecified atom stereocenters. The van der Waals surface area contributed by atoms with E-state index in [1.807, 2.05) is 60.2 Å². The van der Waals surface area contributed by atoms with Crippen LogP contribution in [0.15, 0.2) is 51.5 Å². The molecule has 0 saturated heterocycles. The Morgan fingerprint density at radius 1 is 1.23 bits per heavy atom. The van der Waals surface area contributed by atoms with E-state index in [1.165, 1.54) is 11.8 Å². The summed E-state index contributed by atoms with van der Waals surface area (Å²) in [6.45, 7) is 4.67. The van der Waals surface area contributed by atoms with Crippen molar-refractivity contribution in [3.8, 4) is 22.1 Å². The molecule has 0 amide bonds. The third kappa shape index (κ3) is 4.60. The number of thioether (sulfide) groups is 1. The molecular weight excluding hydrogens is 422 g/mol. The van der Waals surface area contributed by atoms with Crippen LogP contribution in [0.4, 0.5) is 0 Å². The zero-order valence-corrected chi connectivity index (χ0v) is 18.1. The summed E-state index contributed by atoms with van der Waals surface area (Å²) in [5.74, 6) is 1.24. The molecule has 0 fully saturated rings. The third-order valence-corrected chi connectivity index (χ3v) is 6.03. The molecule has 0 radical (unpaired) electrons. The Balaban J connectivity index is 1.31. The number of nitrogens with zero attached hydrogens (tertiary/aromatic N) is 5. The molecule has 0 aliphatic carbocycles. The van der Waals surface area contributed by atoms with Crippen LogP contribution in [-0.4, -0.2) is 36.6 Å². The second-order valence-corrected chi connectivity index (χ2v) is 8.25. The topological polar surface area (TPSA) is 95.9 Å². The maximum Gasteiger partial charge on any atom is 0.316 e. The van der Waals surface area contributed by atoms with Crippen molar-refractivity contribution in [3.05, 3.63) is 53.2 Å². The first-order valence-electron chi connectivity index (χ1n) is 9.29. The Labute approximate surface area is 181 Å². The number of rotatable bonds is 8. The lowest BCUT2D eigenvalue weighted by Crippen LogP contribution is -2.09. The Hall–Kier alpha value is -2.98. The van der Waals surface area contributed by atoms with Crippen LogP contribution < -0.4 is 0 Å². The normalized spacial score (nSPS) is 11.0. The highest BCUT2D eigenvalue weighted by Crippen LogP contribution is 2.27. The van der Waals surface area contributed by atoms with Crippen molar-refractivity contribution in [3.63, 3.8) is 0 Å². The van der Waals surface area contributed by atoms with Gasteiger partial charge in [-0.15, -0.1) is 21.5 Å². The van der Waals surface area contributed by atoms with E-state index >= 15 is 0 Å². The number of hydrogen-bond acceptors (Lipinski definition) is 9. The maximum atomic E-state index is 12.2. The predicted octanol–water partition coefficient (Wildman–Crippen LogP) is 4.22. The molecule has 4 aromatic rings. The average molecular weight is 442 g/mol. The summed E-state index contributed by atoms with van der Waals surface area (Å²) in [7, 11) is 0. The summed E-state index contributed by atoms with van der Waals surface area (Å²) >= 11 is 2.89. The van der Waals surface area contributed by atoms with E-state index in [0.29, 0.717) is 17.5 Å². The second kappa shape index (κ2) is 9.23. The van der Waals surface area contributed by atoms with E-state index in [9.17, 15) is 4.79 Å². The van der Waals surface area contributed by atoms with Gasteiger partial charge in [-0.05, 0) is 25.3 Å². The lowest BCUT2D eigenvalue weighted by Gasteiger charge is -2.06. The fourth-order valence-electron chi connectivity index (χ4n) is 2.71. The second-order valence-electron chi connectivity index (χ2n) is 6.35. The molecule has 0 bridgehead atoms. The molecule has 30 heavy (non-hydrogen) atoms. The van der Waals surface area contributed by atoms with Crippen LogP contribution in [0.5, 0.6) is 0 Å². The number of esters is 1. The summed E-state index contributed by atoms with van der Waals surface area (Å²) in [5.41, 5.74) is 1.99. The van der Waals surface area contributed by atoms with Gasteiger partial charge in [0.2, 0.25) is 5.82 Å². The van der Waals surface area contributed by atoms with Crippen LogP contribution in [0.1, 0.15) is 18.4 Å². The molecule has 0 N–H and O–H groups in total. The van der Waals surface area contributed by atoms with Gasteiger partial charge in [-0.3, -0.25) is 4.79 Å². The molecule has 8 nitrogen and oxygen atoms in total. The Bertz CT molecular complexity index is 1120. The minimum atomic E-state index is -0.390. The third-order valence-electron chi connectivity index (χ3n) is 4.23. The van der Waals surface area contributed by atoms with Gasteiger partial charge >= 0.3 is 5.97 Å². The molecule has 3 heterocycles. The number of aryl methyl sites for hydroxylation is 1. The molecule has 0 aliphatic rings. The van der Waals surface area contributed by atoms with Gasteiger partial charge < -0.3 is 13.8 Å². The van der Waals surface area contributed by atoms with E-state index in [0.717, 1.165) is 21.8 Å². The first kappa shape index (κ1) is 20.3. The fraction of sp³-hybridized carbons (Fsp3) is 0.250. The summed E-state index contributed by atoms with van der Waals surface area (Å²) in [6, 6.07) is 11.8. The van der Waals surface area contributed by atoms with Crippen molar-refractivity contribution in [2.45, 2.75) is 32.2 Å². The lowest BCUT2D eigenvalue weighted by molar-refractivity contribution is -0.142. The quantitative estimate of drug-likeness (QED) is 0.296. The smallest absolute Gasteiger partial charge is 0.316 e. The Morgan fingerprint density at radius 3 is 2.80 bits per heavy atom. The molecule has 154 valence electrons. The number of benzene rings is 1. The van der Waals surface area contributed by atoms with E-state index < -0.39 is 5.97 Å². The van der Waals surface area contributed by atoms with Gasteiger partial charge in [0.15, 0.2) is 17.6 Å². The van der Waals surface area contributed by atoms with Crippen LogP contribution >= 0.6 is 23.1 Å². The van der Waals surface area contributed by atoms with Crippen molar-refractivity contribution < 1.29 is 14.1 Å². The van der Waals surface area contributed by atoms with Gasteiger partial charge in [-0.1, -0.05) is 52.8 Å². The number of ether oxygens (including phenoxy) is 1. The molecule has 3 aromatic heterocycles. The van der Waals surface area contributed by atoms with Crippen LogP contribution in [-0.2, 0) is 22.7 Å². The van der Waals surface area contributed by atoms with Gasteiger partial charge in [-0.25, -0.2) is 0 Å². The standard InChI is InChI=1S/C20H19N5O3S2/c1-3-25-19(15-5-4-10-29-15)22-23-20(25)30-12-17(26)27-11-16-21-18(24-28-16)14-8-6-13(2)7-9-14/h4-10H,3,11-12H2,1-2H3. The molecule has 10 heteroatoms. The monoisotopic (exact) mass is 441 g/mol. The number of thiophene rings is 1. The summed E-state index contributed by atoms with van der Waals surface area (Å²) < 4.78 is 12.4. The molecule has 4 rings (SSSR count). The van der Waals surface area contributed by atoms with Gasteiger partial charge in [-0.2, -0.15) is 4.98 Å². The summed E-state index contributed by atoms with van der Waals surface area (Å²) in [6.07, 6.45) is 0. The van der Waals surface area contributed by atoms with Crippen molar-refractivity contribution in [1.82, 2.24) is 24.9 Å². The number of carbonyl (C=O) groups excluding carboxylic acids is 1. The number of hydrogen-bond donors (Lipinski definition) is 0.